The minimum atomic E-state index is -4.65. The number of aryl methyl sites for hydroxylation is 2. The Bertz CT molecular complexity index is 1680. The SMILES string of the molecule is Cn1cc(C(F)(F)F)cc(Nc2nc3ncc(Oc4cccc(CC(=O)C5CC5)c4)c(C#N)c3n2C)c1=O. The summed E-state index contributed by atoms with van der Waals surface area (Å²) in [5.41, 5.74) is -0.761. The zero-order chi connectivity index (χ0) is 27.2. The number of Topliss-reactive ketones (excluding diaryl/α,β-unsaturated/α-hetero) is 1. The van der Waals surface area contributed by atoms with Crippen molar-refractivity contribution in [2.75, 3.05) is 5.32 Å². The van der Waals surface area contributed by atoms with Gasteiger partial charge in [-0.15, -0.1) is 0 Å². The van der Waals surface area contributed by atoms with E-state index in [9.17, 15) is 28.0 Å². The Kier molecular flexibility index (Phi) is 6.14. The van der Waals surface area contributed by atoms with E-state index in [2.05, 4.69) is 21.4 Å². The average Bonchev–Trinajstić information content (AvgIpc) is 3.67. The molecule has 0 aliphatic heterocycles. The molecule has 0 unspecified atom stereocenters. The third kappa shape index (κ3) is 4.82. The van der Waals surface area contributed by atoms with E-state index < -0.39 is 17.3 Å². The molecule has 3 aromatic heterocycles. The Balaban J connectivity index is 1.48. The van der Waals surface area contributed by atoms with Crippen LogP contribution in [0, 0.1) is 17.2 Å². The zero-order valence-corrected chi connectivity index (χ0v) is 20.3. The van der Waals surface area contributed by atoms with Gasteiger partial charge in [-0.25, -0.2) is 4.98 Å². The standard InChI is InChI=1S/C26H21F3N6O3/c1-34-13-16(26(27,28)29)10-19(24(34)37)32-25-33-23-22(35(25)2)18(11-30)21(12-31-23)38-17-5-3-4-14(8-17)9-20(36)15-6-7-15/h3-5,8,10,12-13,15H,6-7,9H2,1-2H3,(H,31,32,33). The number of nitrogens with one attached hydrogen (secondary N) is 1. The molecule has 0 amide bonds. The maximum Gasteiger partial charge on any atom is 0.417 e. The first kappa shape index (κ1) is 25.0. The third-order valence-corrected chi connectivity index (χ3v) is 6.27. The highest BCUT2D eigenvalue weighted by molar-refractivity contribution is 5.85. The quantitative estimate of drug-likeness (QED) is 0.377. The number of carbonyl (C=O) groups excluding carboxylic acids is 1. The summed E-state index contributed by atoms with van der Waals surface area (Å²) in [6.45, 7) is 0. The molecule has 0 atom stereocenters. The molecular formula is C26H21F3N6O3. The molecule has 4 aromatic rings. The van der Waals surface area contributed by atoms with Crippen LogP contribution in [-0.4, -0.2) is 24.9 Å². The second kappa shape index (κ2) is 9.33. The van der Waals surface area contributed by atoms with Crippen LogP contribution in [-0.2, 0) is 31.5 Å². The summed E-state index contributed by atoms with van der Waals surface area (Å²) in [6.07, 6.45) is -0.470. The van der Waals surface area contributed by atoms with Crippen molar-refractivity contribution in [1.82, 2.24) is 19.1 Å². The van der Waals surface area contributed by atoms with E-state index in [1.165, 1.54) is 24.9 Å². The largest absolute Gasteiger partial charge is 0.454 e. The number of aromatic nitrogens is 4. The number of hydrogen-bond acceptors (Lipinski definition) is 7. The summed E-state index contributed by atoms with van der Waals surface area (Å²) in [5, 5.41) is 12.6. The number of fused-ring (bicyclic) bond motifs is 1. The minimum absolute atomic E-state index is 0.0122. The summed E-state index contributed by atoms with van der Waals surface area (Å²) in [6, 6.07) is 9.78. The smallest absolute Gasteiger partial charge is 0.417 e. The lowest BCUT2D eigenvalue weighted by Crippen LogP contribution is -2.23. The highest BCUT2D eigenvalue weighted by atomic mass is 19.4. The number of hydrogen-bond donors (Lipinski definition) is 1. The van der Waals surface area contributed by atoms with Crippen molar-refractivity contribution in [2.24, 2.45) is 20.0 Å². The predicted molar refractivity (Wildman–Crippen MR) is 131 cm³/mol. The van der Waals surface area contributed by atoms with Crippen LogP contribution in [0.4, 0.5) is 24.8 Å². The zero-order valence-electron chi connectivity index (χ0n) is 20.3. The van der Waals surface area contributed by atoms with Crippen LogP contribution >= 0.6 is 0 Å². The Labute approximate surface area is 214 Å². The fourth-order valence-electron chi connectivity index (χ4n) is 4.13. The topological polar surface area (TPSA) is 115 Å². The molecule has 38 heavy (non-hydrogen) atoms. The Morgan fingerprint density at radius 2 is 2.03 bits per heavy atom. The third-order valence-electron chi connectivity index (χ3n) is 6.27. The van der Waals surface area contributed by atoms with Gasteiger partial charge in [-0.05, 0) is 36.6 Å². The molecule has 1 aliphatic carbocycles. The highest BCUT2D eigenvalue weighted by Gasteiger charge is 2.32. The minimum Gasteiger partial charge on any atom is -0.454 e. The number of benzene rings is 1. The van der Waals surface area contributed by atoms with Crippen molar-refractivity contribution >= 4 is 28.6 Å². The maximum atomic E-state index is 13.3. The van der Waals surface area contributed by atoms with Gasteiger partial charge in [-0.1, -0.05) is 12.1 Å². The molecule has 194 valence electrons. The highest BCUT2D eigenvalue weighted by Crippen LogP contribution is 2.34. The number of imidazole rings is 1. The molecule has 0 saturated heterocycles. The molecule has 3 heterocycles. The van der Waals surface area contributed by atoms with Crippen molar-refractivity contribution in [1.29, 1.82) is 5.26 Å². The Morgan fingerprint density at radius 1 is 1.26 bits per heavy atom. The lowest BCUT2D eigenvalue weighted by molar-refractivity contribution is -0.138. The molecule has 9 nitrogen and oxygen atoms in total. The summed E-state index contributed by atoms with van der Waals surface area (Å²) in [7, 11) is 2.75. The van der Waals surface area contributed by atoms with Gasteiger partial charge in [0.1, 0.15) is 34.4 Å². The van der Waals surface area contributed by atoms with Crippen LogP contribution in [0.1, 0.15) is 29.5 Å². The van der Waals surface area contributed by atoms with Crippen LogP contribution in [0.3, 0.4) is 0 Å². The molecule has 5 rings (SSSR count). The van der Waals surface area contributed by atoms with Gasteiger partial charge in [-0.2, -0.15) is 23.4 Å². The van der Waals surface area contributed by atoms with Crippen molar-refractivity contribution in [3.8, 4) is 17.6 Å². The van der Waals surface area contributed by atoms with Gasteiger partial charge in [0.2, 0.25) is 5.95 Å². The maximum absolute atomic E-state index is 13.3. The van der Waals surface area contributed by atoms with Gasteiger partial charge < -0.3 is 19.2 Å². The first-order valence-corrected chi connectivity index (χ1v) is 11.6. The van der Waals surface area contributed by atoms with Gasteiger partial charge in [0.05, 0.1) is 11.8 Å². The van der Waals surface area contributed by atoms with E-state index in [1.807, 2.05) is 6.07 Å². The van der Waals surface area contributed by atoms with Crippen molar-refractivity contribution in [3.05, 3.63) is 69.8 Å². The van der Waals surface area contributed by atoms with E-state index in [-0.39, 0.29) is 45.8 Å². The van der Waals surface area contributed by atoms with E-state index in [0.717, 1.165) is 23.0 Å². The molecule has 0 radical (unpaired) electrons. The van der Waals surface area contributed by atoms with Crippen molar-refractivity contribution < 1.29 is 22.7 Å². The van der Waals surface area contributed by atoms with Gasteiger partial charge in [0.15, 0.2) is 11.4 Å². The van der Waals surface area contributed by atoms with Crippen LogP contribution in [0.5, 0.6) is 11.5 Å². The molecule has 0 spiro atoms. The molecule has 1 aromatic carbocycles. The van der Waals surface area contributed by atoms with Gasteiger partial charge in [0.25, 0.3) is 5.56 Å². The van der Waals surface area contributed by atoms with Crippen molar-refractivity contribution in [3.63, 3.8) is 0 Å². The second-order valence-electron chi connectivity index (χ2n) is 9.12. The number of ether oxygens (including phenoxy) is 1. The number of halogens is 3. The molecule has 12 heteroatoms. The summed E-state index contributed by atoms with van der Waals surface area (Å²) in [5.74, 6) is 0.888. The van der Waals surface area contributed by atoms with E-state index in [0.29, 0.717) is 24.4 Å². The number of pyridine rings is 2. The van der Waals surface area contributed by atoms with E-state index in [4.69, 9.17) is 4.74 Å². The Morgan fingerprint density at radius 3 is 2.71 bits per heavy atom. The first-order chi connectivity index (χ1) is 18.0. The fraction of sp³-hybridized carbons (Fsp3) is 0.269. The van der Waals surface area contributed by atoms with Gasteiger partial charge >= 0.3 is 6.18 Å². The molecule has 1 saturated carbocycles. The van der Waals surface area contributed by atoms with E-state index in [1.54, 1.807) is 18.2 Å². The van der Waals surface area contributed by atoms with Crippen LogP contribution in [0.2, 0.25) is 0 Å². The summed E-state index contributed by atoms with van der Waals surface area (Å²) < 4.78 is 48.0. The molecule has 1 aliphatic rings. The van der Waals surface area contributed by atoms with E-state index >= 15 is 0 Å². The van der Waals surface area contributed by atoms with Gasteiger partial charge in [-0.3, -0.25) is 9.59 Å². The summed E-state index contributed by atoms with van der Waals surface area (Å²) in [4.78, 5) is 33.2. The fourth-order valence-corrected chi connectivity index (χ4v) is 4.13. The molecule has 1 N–H and O–H groups in total. The molecular weight excluding hydrogens is 501 g/mol. The predicted octanol–water partition coefficient (Wildman–Crippen LogP) is 4.61. The monoisotopic (exact) mass is 522 g/mol. The number of ketones is 1. The number of alkyl halides is 3. The Hall–Kier alpha value is -4.66. The van der Waals surface area contributed by atoms with Crippen LogP contribution < -0.4 is 15.6 Å². The summed E-state index contributed by atoms with van der Waals surface area (Å²) >= 11 is 0. The number of carbonyl (C=O) groups is 1. The number of nitrogens with zero attached hydrogens (tertiary/aromatic N) is 5. The molecule has 0 bridgehead atoms. The molecule has 1 fully saturated rings. The first-order valence-electron chi connectivity index (χ1n) is 11.6. The normalized spacial score (nSPS) is 13.4. The van der Waals surface area contributed by atoms with Crippen LogP contribution in [0.25, 0.3) is 11.2 Å². The van der Waals surface area contributed by atoms with Crippen molar-refractivity contribution in [2.45, 2.75) is 25.4 Å². The lowest BCUT2D eigenvalue weighted by Gasteiger charge is -2.12. The number of rotatable bonds is 7. The number of anilines is 2. The second-order valence-corrected chi connectivity index (χ2v) is 9.12. The lowest BCUT2D eigenvalue weighted by atomic mass is 10.1. The average molecular weight is 522 g/mol. The van der Waals surface area contributed by atoms with Crippen LogP contribution in [0.15, 0.2) is 47.5 Å². The van der Waals surface area contributed by atoms with Gasteiger partial charge in [0, 0.05) is 32.6 Å². The number of nitriles is 1.